The largest absolute Gasteiger partial charge is 0.494 e. The SMILES string of the molecule is CCCCC[C@@H](C(=O)NCNC(=O)c1ccc(-c2cc(OCC)cc(C(=O)OC)c2)o1)[C@@H](CC)N(C=O)OCc1ccccc1. The minimum Gasteiger partial charge on any atom is -0.494 e. The molecule has 1 heterocycles. The first-order valence-electron chi connectivity index (χ1n) is 15.3. The molecule has 2 N–H and O–H groups in total. The van der Waals surface area contributed by atoms with Crippen molar-refractivity contribution in [1.29, 1.82) is 0 Å². The minimum absolute atomic E-state index is 0.0213. The second-order valence-corrected chi connectivity index (χ2v) is 10.4. The molecule has 0 bridgehead atoms. The van der Waals surface area contributed by atoms with Gasteiger partial charge >= 0.3 is 5.97 Å². The average molecular weight is 622 g/mol. The Hall–Kier alpha value is -4.64. The summed E-state index contributed by atoms with van der Waals surface area (Å²) in [5.74, 6) is -1.08. The van der Waals surface area contributed by atoms with E-state index in [4.69, 9.17) is 18.7 Å². The van der Waals surface area contributed by atoms with Crippen molar-refractivity contribution in [2.75, 3.05) is 20.4 Å². The van der Waals surface area contributed by atoms with Crippen molar-refractivity contribution in [3.63, 3.8) is 0 Å². The quantitative estimate of drug-likeness (QED) is 0.0589. The summed E-state index contributed by atoms with van der Waals surface area (Å²) < 4.78 is 16.2. The molecular weight excluding hydrogens is 578 g/mol. The fourth-order valence-electron chi connectivity index (χ4n) is 4.95. The molecule has 45 heavy (non-hydrogen) atoms. The number of esters is 1. The maximum Gasteiger partial charge on any atom is 0.338 e. The first kappa shape index (κ1) is 34.8. The van der Waals surface area contributed by atoms with Gasteiger partial charge in [-0.2, -0.15) is 0 Å². The highest BCUT2D eigenvalue weighted by Crippen LogP contribution is 2.28. The number of unbranched alkanes of at least 4 members (excludes halogenated alkanes) is 2. The van der Waals surface area contributed by atoms with Crippen molar-refractivity contribution >= 4 is 24.2 Å². The molecule has 3 rings (SSSR count). The van der Waals surface area contributed by atoms with Gasteiger partial charge in [-0.1, -0.05) is 63.4 Å². The van der Waals surface area contributed by atoms with Gasteiger partial charge in [-0.25, -0.2) is 9.86 Å². The molecule has 0 saturated heterocycles. The zero-order valence-corrected chi connectivity index (χ0v) is 26.4. The number of carbonyl (C=O) groups is 4. The molecule has 2 atom stereocenters. The van der Waals surface area contributed by atoms with Crippen LogP contribution >= 0.6 is 0 Å². The van der Waals surface area contributed by atoms with Crippen molar-refractivity contribution in [1.82, 2.24) is 15.7 Å². The third-order valence-corrected chi connectivity index (χ3v) is 7.26. The van der Waals surface area contributed by atoms with Crippen LogP contribution in [0.25, 0.3) is 11.3 Å². The van der Waals surface area contributed by atoms with Crippen molar-refractivity contribution in [3.8, 4) is 17.1 Å². The van der Waals surface area contributed by atoms with Gasteiger partial charge in [0.2, 0.25) is 12.3 Å². The second-order valence-electron chi connectivity index (χ2n) is 10.4. The lowest BCUT2D eigenvalue weighted by Gasteiger charge is -2.32. The number of nitrogens with one attached hydrogen (secondary N) is 2. The molecule has 242 valence electrons. The number of methoxy groups -OCH3 is 1. The molecule has 1 aromatic heterocycles. The maximum atomic E-state index is 13.4. The first-order valence-corrected chi connectivity index (χ1v) is 15.3. The minimum atomic E-state index is -0.545. The number of hydroxylamine groups is 2. The Balaban J connectivity index is 1.65. The lowest BCUT2D eigenvalue weighted by molar-refractivity contribution is -0.200. The van der Waals surface area contributed by atoms with Gasteiger partial charge in [0.25, 0.3) is 5.91 Å². The molecule has 2 aromatic carbocycles. The van der Waals surface area contributed by atoms with Crippen LogP contribution in [-0.2, 0) is 25.8 Å². The van der Waals surface area contributed by atoms with E-state index < -0.39 is 23.8 Å². The van der Waals surface area contributed by atoms with Crippen LogP contribution in [0.5, 0.6) is 5.75 Å². The Morgan fingerprint density at radius 3 is 2.42 bits per heavy atom. The van der Waals surface area contributed by atoms with Crippen LogP contribution in [0.1, 0.15) is 79.4 Å². The highest BCUT2D eigenvalue weighted by Gasteiger charge is 2.32. The summed E-state index contributed by atoms with van der Waals surface area (Å²) in [6.07, 6.45) is 4.40. The Labute approximate surface area is 264 Å². The van der Waals surface area contributed by atoms with Gasteiger partial charge in [-0.05, 0) is 55.7 Å². The molecule has 0 radical (unpaired) electrons. The van der Waals surface area contributed by atoms with E-state index in [0.29, 0.717) is 42.9 Å². The van der Waals surface area contributed by atoms with E-state index in [1.165, 1.54) is 18.2 Å². The molecule has 0 spiro atoms. The lowest BCUT2D eigenvalue weighted by atomic mass is 9.90. The number of rotatable bonds is 19. The Morgan fingerprint density at radius 1 is 0.978 bits per heavy atom. The van der Waals surface area contributed by atoms with Gasteiger partial charge < -0.3 is 24.5 Å². The lowest BCUT2D eigenvalue weighted by Crippen LogP contribution is -2.48. The maximum absolute atomic E-state index is 13.4. The number of hydrogen-bond acceptors (Lipinski definition) is 8. The Bertz CT molecular complexity index is 1390. The highest BCUT2D eigenvalue weighted by atomic mass is 16.7. The monoisotopic (exact) mass is 621 g/mol. The smallest absolute Gasteiger partial charge is 0.338 e. The van der Waals surface area contributed by atoms with Crippen LogP contribution < -0.4 is 15.4 Å². The van der Waals surface area contributed by atoms with Gasteiger partial charge in [0, 0.05) is 5.56 Å². The van der Waals surface area contributed by atoms with E-state index in [2.05, 4.69) is 17.6 Å². The van der Waals surface area contributed by atoms with E-state index in [1.807, 2.05) is 44.2 Å². The van der Waals surface area contributed by atoms with Crippen molar-refractivity contribution in [2.24, 2.45) is 5.92 Å². The fraction of sp³-hybridized carbons (Fsp3) is 0.412. The zero-order valence-electron chi connectivity index (χ0n) is 26.4. The summed E-state index contributed by atoms with van der Waals surface area (Å²) in [6, 6.07) is 17.0. The molecule has 11 heteroatoms. The van der Waals surface area contributed by atoms with E-state index in [1.54, 1.807) is 24.3 Å². The molecule has 0 aliphatic heterocycles. The van der Waals surface area contributed by atoms with E-state index in [0.717, 1.165) is 24.8 Å². The molecule has 0 unspecified atom stereocenters. The third-order valence-electron chi connectivity index (χ3n) is 7.26. The molecule has 3 amide bonds. The number of furan rings is 1. The summed E-state index contributed by atoms with van der Waals surface area (Å²) in [7, 11) is 1.29. The molecule has 0 aliphatic carbocycles. The van der Waals surface area contributed by atoms with Crippen LogP contribution in [0.15, 0.2) is 65.1 Å². The van der Waals surface area contributed by atoms with Crippen molar-refractivity contribution < 1.29 is 37.9 Å². The number of carbonyl (C=O) groups excluding carboxylic acids is 4. The molecule has 0 aliphatic rings. The van der Waals surface area contributed by atoms with E-state index >= 15 is 0 Å². The standard InChI is InChI=1S/C34H43N3O8/c1-5-8-10-15-28(29(6-2)37(23-38)44-21-24-13-11-9-12-14-24)32(39)35-22-36-33(40)31-17-16-30(45-31)25-18-26(34(41)42-4)20-27(19-25)43-7-3/h9,11-14,16-20,23,28-29H,5-8,10,15,21-22H2,1-4H3,(H,35,39)(H,36,40)/t28-,29-/m1/s1. The van der Waals surface area contributed by atoms with Crippen LogP contribution in [0.3, 0.4) is 0 Å². The zero-order chi connectivity index (χ0) is 32.6. The average Bonchev–Trinajstić information content (AvgIpc) is 3.56. The van der Waals surface area contributed by atoms with Crippen LogP contribution in [0, 0.1) is 5.92 Å². The predicted octanol–water partition coefficient (Wildman–Crippen LogP) is 5.50. The van der Waals surface area contributed by atoms with Gasteiger partial charge in [0.15, 0.2) is 5.76 Å². The number of amides is 3. The fourth-order valence-corrected chi connectivity index (χ4v) is 4.95. The van der Waals surface area contributed by atoms with E-state index in [9.17, 15) is 19.2 Å². The van der Waals surface area contributed by atoms with E-state index in [-0.39, 0.29) is 30.5 Å². The Morgan fingerprint density at radius 2 is 1.76 bits per heavy atom. The van der Waals surface area contributed by atoms with Crippen LogP contribution in [-0.4, -0.2) is 55.7 Å². The highest BCUT2D eigenvalue weighted by molar-refractivity contribution is 5.93. The summed E-state index contributed by atoms with van der Waals surface area (Å²) >= 11 is 0. The summed E-state index contributed by atoms with van der Waals surface area (Å²) in [4.78, 5) is 56.3. The molecule has 0 fully saturated rings. The molecule has 11 nitrogen and oxygen atoms in total. The molecule has 3 aromatic rings. The van der Waals surface area contributed by atoms with Crippen LogP contribution in [0.4, 0.5) is 0 Å². The number of nitrogens with zero attached hydrogens (tertiary/aromatic N) is 1. The summed E-state index contributed by atoms with van der Waals surface area (Å²) in [6.45, 7) is 6.26. The van der Waals surface area contributed by atoms with Gasteiger partial charge in [-0.15, -0.1) is 0 Å². The first-order chi connectivity index (χ1) is 21.8. The van der Waals surface area contributed by atoms with Crippen molar-refractivity contribution in [2.45, 2.75) is 65.5 Å². The second kappa shape index (κ2) is 18.2. The summed E-state index contributed by atoms with van der Waals surface area (Å²) in [5, 5.41) is 6.68. The molecule has 0 saturated carbocycles. The number of ether oxygens (including phenoxy) is 2. The normalized spacial score (nSPS) is 12.1. The van der Waals surface area contributed by atoms with Gasteiger partial charge in [0.05, 0.1) is 37.9 Å². The number of benzene rings is 2. The molecular formula is C34H43N3O8. The summed E-state index contributed by atoms with van der Waals surface area (Å²) in [5.41, 5.74) is 1.71. The van der Waals surface area contributed by atoms with Crippen LogP contribution in [0.2, 0.25) is 0 Å². The van der Waals surface area contributed by atoms with Gasteiger partial charge in [0.1, 0.15) is 18.1 Å². The number of hydrogen-bond donors (Lipinski definition) is 2. The topological polar surface area (TPSA) is 136 Å². The Kier molecular flexibility index (Phi) is 14.1. The third kappa shape index (κ3) is 10.2. The van der Waals surface area contributed by atoms with Gasteiger partial charge in [-0.3, -0.25) is 19.2 Å². The predicted molar refractivity (Wildman–Crippen MR) is 168 cm³/mol. The van der Waals surface area contributed by atoms with Crippen molar-refractivity contribution in [3.05, 3.63) is 77.6 Å².